The van der Waals surface area contributed by atoms with Crippen molar-refractivity contribution in [2.45, 2.75) is 20.4 Å². The van der Waals surface area contributed by atoms with E-state index in [1.807, 2.05) is 25.2 Å². The Morgan fingerprint density at radius 2 is 2.00 bits per heavy atom. The molecule has 0 bridgehead atoms. The maximum absolute atomic E-state index is 6.18. The fourth-order valence-corrected chi connectivity index (χ4v) is 2.06. The lowest BCUT2D eigenvalue weighted by atomic mass is 10.2. The molecule has 0 atom stereocenters. The van der Waals surface area contributed by atoms with Gasteiger partial charge in [-0.05, 0) is 37.8 Å². The average molecular weight is 271 g/mol. The Labute approximate surface area is 115 Å². The van der Waals surface area contributed by atoms with Gasteiger partial charge in [0.05, 0.1) is 5.02 Å². The van der Waals surface area contributed by atoms with Crippen molar-refractivity contribution in [1.82, 2.24) is 10.2 Å². The molecule has 102 valence electrons. The summed E-state index contributed by atoms with van der Waals surface area (Å²) >= 11 is 6.18. The molecule has 0 saturated carbocycles. The molecule has 3 nitrogen and oxygen atoms in total. The summed E-state index contributed by atoms with van der Waals surface area (Å²) < 4.78 is 5.71. The number of ether oxygens (including phenoxy) is 1. The van der Waals surface area contributed by atoms with Crippen LogP contribution in [0.5, 0.6) is 5.75 Å². The fourth-order valence-electron chi connectivity index (χ4n) is 1.80. The Bertz CT molecular complexity index is 354. The number of likely N-dealkylation sites (N-methyl/N-ethyl adjacent to an activating group) is 1. The fraction of sp³-hybridized carbons (Fsp3) is 0.571. The van der Waals surface area contributed by atoms with Gasteiger partial charge in [-0.15, -0.1) is 0 Å². The third-order valence-corrected chi connectivity index (χ3v) is 3.23. The predicted molar refractivity (Wildman–Crippen MR) is 77.5 cm³/mol. The monoisotopic (exact) mass is 270 g/mol. The SMILES string of the molecule is CCN(CC)CCOc1ccc(CNC)cc1Cl. The van der Waals surface area contributed by atoms with Gasteiger partial charge in [0.2, 0.25) is 0 Å². The van der Waals surface area contributed by atoms with Crippen LogP contribution in [0.15, 0.2) is 18.2 Å². The van der Waals surface area contributed by atoms with E-state index in [2.05, 4.69) is 24.1 Å². The summed E-state index contributed by atoms with van der Waals surface area (Å²) in [6.45, 7) is 8.84. The molecule has 1 aromatic rings. The van der Waals surface area contributed by atoms with Crippen molar-refractivity contribution >= 4 is 11.6 Å². The highest BCUT2D eigenvalue weighted by Crippen LogP contribution is 2.25. The van der Waals surface area contributed by atoms with E-state index >= 15 is 0 Å². The van der Waals surface area contributed by atoms with Gasteiger partial charge in [0, 0.05) is 13.1 Å². The second kappa shape index (κ2) is 8.35. The van der Waals surface area contributed by atoms with Crippen LogP contribution in [0.3, 0.4) is 0 Å². The largest absolute Gasteiger partial charge is 0.491 e. The lowest BCUT2D eigenvalue weighted by Gasteiger charge is -2.18. The first-order valence-electron chi connectivity index (χ1n) is 6.49. The molecular formula is C14H23ClN2O. The Hall–Kier alpha value is -0.770. The molecule has 1 N–H and O–H groups in total. The van der Waals surface area contributed by atoms with Crippen LogP contribution in [-0.4, -0.2) is 38.2 Å². The first-order chi connectivity index (χ1) is 8.71. The first kappa shape index (κ1) is 15.3. The van der Waals surface area contributed by atoms with Crippen molar-refractivity contribution in [2.75, 3.05) is 33.3 Å². The molecule has 0 amide bonds. The number of hydrogen-bond acceptors (Lipinski definition) is 3. The molecule has 0 spiro atoms. The molecule has 0 unspecified atom stereocenters. The number of benzene rings is 1. The maximum Gasteiger partial charge on any atom is 0.137 e. The van der Waals surface area contributed by atoms with Gasteiger partial charge in [-0.25, -0.2) is 0 Å². The van der Waals surface area contributed by atoms with Gasteiger partial charge in [0.1, 0.15) is 12.4 Å². The molecule has 4 heteroatoms. The van der Waals surface area contributed by atoms with E-state index < -0.39 is 0 Å². The molecule has 0 aromatic heterocycles. The quantitative estimate of drug-likeness (QED) is 0.786. The summed E-state index contributed by atoms with van der Waals surface area (Å²) in [4.78, 5) is 2.32. The minimum absolute atomic E-state index is 0.673. The van der Waals surface area contributed by atoms with Crippen molar-refractivity contribution in [2.24, 2.45) is 0 Å². The first-order valence-corrected chi connectivity index (χ1v) is 6.87. The number of nitrogens with zero attached hydrogens (tertiary/aromatic N) is 1. The van der Waals surface area contributed by atoms with Crippen LogP contribution < -0.4 is 10.1 Å². The molecule has 0 fully saturated rings. The molecule has 0 aliphatic carbocycles. The van der Waals surface area contributed by atoms with Gasteiger partial charge in [-0.3, -0.25) is 0 Å². The molecule has 1 rings (SSSR count). The van der Waals surface area contributed by atoms with E-state index in [0.29, 0.717) is 11.6 Å². The van der Waals surface area contributed by atoms with E-state index in [1.165, 1.54) is 5.56 Å². The van der Waals surface area contributed by atoms with Crippen molar-refractivity contribution in [3.63, 3.8) is 0 Å². The molecule has 18 heavy (non-hydrogen) atoms. The Morgan fingerprint density at radius 3 is 2.56 bits per heavy atom. The smallest absolute Gasteiger partial charge is 0.137 e. The van der Waals surface area contributed by atoms with Crippen LogP contribution in [0.4, 0.5) is 0 Å². The molecule has 0 aliphatic rings. The summed E-state index contributed by atoms with van der Waals surface area (Å²) in [5, 5.41) is 3.78. The highest BCUT2D eigenvalue weighted by Gasteiger charge is 2.04. The number of hydrogen-bond donors (Lipinski definition) is 1. The Morgan fingerprint density at radius 1 is 1.28 bits per heavy atom. The summed E-state index contributed by atoms with van der Waals surface area (Å²) in [6, 6.07) is 5.93. The zero-order valence-electron chi connectivity index (χ0n) is 11.5. The van der Waals surface area contributed by atoms with Gasteiger partial charge in [-0.1, -0.05) is 31.5 Å². The van der Waals surface area contributed by atoms with E-state index in [9.17, 15) is 0 Å². The van der Waals surface area contributed by atoms with Crippen LogP contribution in [0.2, 0.25) is 5.02 Å². The zero-order valence-corrected chi connectivity index (χ0v) is 12.3. The third kappa shape index (κ3) is 4.84. The summed E-state index contributed by atoms with van der Waals surface area (Å²) in [5.41, 5.74) is 1.17. The second-order valence-electron chi connectivity index (χ2n) is 4.17. The highest BCUT2D eigenvalue weighted by molar-refractivity contribution is 6.32. The van der Waals surface area contributed by atoms with Gasteiger partial charge in [0.25, 0.3) is 0 Å². The number of halogens is 1. The molecule has 0 heterocycles. The molecular weight excluding hydrogens is 248 g/mol. The molecule has 1 aromatic carbocycles. The van der Waals surface area contributed by atoms with Crippen molar-refractivity contribution in [3.8, 4) is 5.75 Å². The summed E-state index contributed by atoms with van der Waals surface area (Å²) in [6.07, 6.45) is 0. The van der Waals surface area contributed by atoms with Crippen LogP contribution in [-0.2, 0) is 6.54 Å². The normalized spacial score (nSPS) is 10.9. The van der Waals surface area contributed by atoms with E-state index in [0.717, 1.165) is 31.9 Å². The van der Waals surface area contributed by atoms with Crippen molar-refractivity contribution in [1.29, 1.82) is 0 Å². The maximum atomic E-state index is 6.18. The van der Waals surface area contributed by atoms with E-state index in [4.69, 9.17) is 16.3 Å². The molecule has 0 aliphatic heterocycles. The highest BCUT2D eigenvalue weighted by atomic mass is 35.5. The minimum atomic E-state index is 0.673. The molecule has 0 saturated heterocycles. The third-order valence-electron chi connectivity index (χ3n) is 2.94. The van der Waals surface area contributed by atoms with Crippen LogP contribution >= 0.6 is 11.6 Å². The van der Waals surface area contributed by atoms with Gasteiger partial charge in [-0.2, -0.15) is 0 Å². The van der Waals surface area contributed by atoms with Crippen molar-refractivity contribution < 1.29 is 4.74 Å². The summed E-state index contributed by atoms with van der Waals surface area (Å²) in [5.74, 6) is 0.767. The van der Waals surface area contributed by atoms with E-state index in [1.54, 1.807) is 0 Å². The van der Waals surface area contributed by atoms with Gasteiger partial charge in [0.15, 0.2) is 0 Å². The second-order valence-corrected chi connectivity index (χ2v) is 4.58. The van der Waals surface area contributed by atoms with E-state index in [-0.39, 0.29) is 0 Å². The average Bonchev–Trinajstić information content (AvgIpc) is 2.37. The lowest BCUT2D eigenvalue weighted by molar-refractivity contribution is 0.223. The topological polar surface area (TPSA) is 24.5 Å². The van der Waals surface area contributed by atoms with Gasteiger partial charge >= 0.3 is 0 Å². The Balaban J connectivity index is 2.47. The lowest BCUT2D eigenvalue weighted by Crippen LogP contribution is -2.27. The van der Waals surface area contributed by atoms with Crippen LogP contribution in [0.1, 0.15) is 19.4 Å². The van der Waals surface area contributed by atoms with Crippen LogP contribution in [0.25, 0.3) is 0 Å². The number of rotatable bonds is 8. The molecule has 0 radical (unpaired) electrons. The van der Waals surface area contributed by atoms with Crippen LogP contribution in [0, 0.1) is 0 Å². The minimum Gasteiger partial charge on any atom is -0.491 e. The zero-order chi connectivity index (χ0) is 13.4. The standard InChI is InChI=1S/C14H23ClN2O/c1-4-17(5-2)8-9-18-14-7-6-12(11-16-3)10-13(14)15/h6-7,10,16H,4-5,8-9,11H2,1-3H3. The predicted octanol–water partition coefficient (Wildman–Crippen LogP) is 2.78. The summed E-state index contributed by atoms with van der Waals surface area (Å²) in [7, 11) is 1.92. The Kier molecular flexibility index (Phi) is 7.09. The van der Waals surface area contributed by atoms with Gasteiger partial charge < -0.3 is 15.0 Å². The van der Waals surface area contributed by atoms with Crippen molar-refractivity contribution in [3.05, 3.63) is 28.8 Å². The number of nitrogens with one attached hydrogen (secondary N) is 1.